The number of nitrogens with one attached hydrogen (secondary N) is 2. The Labute approximate surface area is 174 Å². The summed E-state index contributed by atoms with van der Waals surface area (Å²) < 4.78 is 0. The summed E-state index contributed by atoms with van der Waals surface area (Å²) in [6.07, 6.45) is 4.85. The lowest BCUT2D eigenvalue weighted by Gasteiger charge is -2.25. The monoisotopic (exact) mass is 411 g/mol. The number of fused-ring (bicyclic) bond motifs is 1. The lowest BCUT2D eigenvalue weighted by Crippen LogP contribution is -2.36. The van der Waals surface area contributed by atoms with Gasteiger partial charge in [0.1, 0.15) is 11.5 Å². The number of carbonyl (C=O) groups excluding carboxylic acids is 1. The van der Waals surface area contributed by atoms with Crippen molar-refractivity contribution >= 4 is 34.7 Å². The lowest BCUT2D eigenvalue weighted by atomic mass is 9.96. The summed E-state index contributed by atoms with van der Waals surface area (Å²) in [5, 5.41) is 17.3. The van der Waals surface area contributed by atoms with Gasteiger partial charge < -0.3 is 21.3 Å². The minimum atomic E-state index is -0.508. The summed E-state index contributed by atoms with van der Waals surface area (Å²) in [5.41, 5.74) is 8.34. The third-order valence-corrected chi connectivity index (χ3v) is 5.54. The number of aromatic nitrogens is 2. The molecule has 0 spiro atoms. The Bertz CT molecular complexity index is 995. The highest BCUT2D eigenvalue weighted by molar-refractivity contribution is 5.73. The van der Waals surface area contributed by atoms with Crippen molar-refractivity contribution in [3.63, 3.8) is 0 Å². The Balaban J connectivity index is 1.64. The quantitative estimate of drug-likeness (QED) is 0.387. The maximum Gasteiger partial charge on any atom is 0.294 e. The largest absolute Gasteiger partial charge is 0.393 e. The highest BCUT2D eigenvalue weighted by Crippen LogP contribution is 2.32. The minimum Gasteiger partial charge on any atom is -0.393 e. The van der Waals surface area contributed by atoms with Crippen LogP contribution in [0.15, 0.2) is 18.2 Å². The standard InChI is InChI=1S/C20H25N7O3/c1-12(28)22-14-8-9-26(11-14)19-15-4-2-3-5-17(15)24-20(25-19)23-13-6-7-16(21)18(10-13)27(29)30/h6-7,10,14H,2-5,8-9,11,21H2,1H3,(H,22,28)(H,23,24,25)/t14-/m0/s1. The third-order valence-electron chi connectivity index (χ3n) is 5.54. The van der Waals surface area contributed by atoms with Crippen molar-refractivity contribution in [1.82, 2.24) is 15.3 Å². The lowest BCUT2D eigenvalue weighted by molar-refractivity contribution is -0.383. The van der Waals surface area contributed by atoms with Crippen LogP contribution in [0.3, 0.4) is 0 Å². The number of benzene rings is 1. The number of nitrogens with two attached hydrogens (primary N) is 1. The van der Waals surface area contributed by atoms with E-state index >= 15 is 0 Å². The Morgan fingerprint density at radius 2 is 2.10 bits per heavy atom. The van der Waals surface area contributed by atoms with Gasteiger partial charge in [0, 0.05) is 43.4 Å². The number of rotatable bonds is 5. The van der Waals surface area contributed by atoms with Gasteiger partial charge in [-0.15, -0.1) is 0 Å². The molecule has 0 saturated carbocycles. The number of hydrogen-bond donors (Lipinski definition) is 3. The van der Waals surface area contributed by atoms with Gasteiger partial charge in [-0.25, -0.2) is 4.98 Å². The molecule has 0 radical (unpaired) electrons. The number of nitro groups is 1. The van der Waals surface area contributed by atoms with Crippen molar-refractivity contribution in [1.29, 1.82) is 0 Å². The van der Waals surface area contributed by atoms with Crippen molar-refractivity contribution in [3.05, 3.63) is 39.6 Å². The van der Waals surface area contributed by atoms with Gasteiger partial charge in [0.25, 0.3) is 5.69 Å². The van der Waals surface area contributed by atoms with Gasteiger partial charge in [0.05, 0.1) is 10.6 Å². The number of aryl methyl sites for hydroxylation is 1. The van der Waals surface area contributed by atoms with Gasteiger partial charge in [-0.3, -0.25) is 14.9 Å². The fraction of sp³-hybridized carbons (Fsp3) is 0.450. The molecule has 30 heavy (non-hydrogen) atoms. The van der Waals surface area contributed by atoms with Crippen LogP contribution in [0.4, 0.5) is 28.8 Å². The van der Waals surface area contributed by atoms with Crippen molar-refractivity contribution < 1.29 is 9.72 Å². The number of hydrogen-bond acceptors (Lipinski definition) is 8. The highest BCUT2D eigenvalue weighted by Gasteiger charge is 2.28. The van der Waals surface area contributed by atoms with Gasteiger partial charge in [0.2, 0.25) is 11.9 Å². The van der Waals surface area contributed by atoms with Gasteiger partial charge in [-0.1, -0.05) is 0 Å². The van der Waals surface area contributed by atoms with Gasteiger partial charge in [-0.05, 0) is 44.2 Å². The molecule has 10 nitrogen and oxygen atoms in total. The van der Waals surface area contributed by atoms with Gasteiger partial charge in [0.15, 0.2) is 0 Å². The molecule has 1 fully saturated rings. The zero-order valence-corrected chi connectivity index (χ0v) is 16.9. The molecule has 1 aromatic carbocycles. The van der Waals surface area contributed by atoms with Gasteiger partial charge in [-0.2, -0.15) is 4.98 Å². The van der Waals surface area contributed by atoms with E-state index < -0.39 is 4.92 Å². The van der Waals surface area contributed by atoms with Crippen LogP contribution in [0, 0.1) is 10.1 Å². The molecule has 2 aromatic rings. The minimum absolute atomic E-state index is 0.0288. The summed E-state index contributed by atoms with van der Waals surface area (Å²) in [6.45, 7) is 3.04. The summed E-state index contributed by atoms with van der Waals surface area (Å²) in [4.78, 5) is 33.7. The maximum atomic E-state index is 11.4. The van der Waals surface area contributed by atoms with Crippen LogP contribution in [-0.2, 0) is 17.6 Å². The Morgan fingerprint density at radius 1 is 1.30 bits per heavy atom. The molecule has 4 rings (SSSR count). The van der Waals surface area contributed by atoms with Crippen LogP contribution >= 0.6 is 0 Å². The molecule has 1 saturated heterocycles. The summed E-state index contributed by atoms with van der Waals surface area (Å²) in [5.74, 6) is 1.27. The van der Waals surface area contributed by atoms with Crippen molar-refractivity contribution in [2.45, 2.75) is 45.1 Å². The predicted molar refractivity (Wildman–Crippen MR) is 114 cm³/mol. The van der Waals surface area contributed by atoms with Crippen molar-refractivity contribution in [3.8, 4) is 0 Å². The molecule has 10 heteroatoms. The van der Waals surface area contributed by atoms with Crippen LogP contribution in [0.25, 0.3) is 0 Å². The van der Waals surface area contributed by atoms with E-state index in [4.69, 9.17) is 10.7 Å². The summed E-state index contributed by atoms with van der Waals surface area (Å²) in [7, 11) is 0. The molecule has 2 aliphatic rings. The average Bonchev–Trinajstić information content (AvgIpc) is 3.16. The second kappa shape index (κ2) is 8.13. The first-order chi connectivity index (χ1) is 14.4. The molecular formula is C20H25N7O3. The number of anilines is 4. The molecule has 4 N–H and O–H groups in total. The molecule has 1 aliphatic carbocycles. The van der Waals surface area contributed by atoms with Gasteiger partial charge >= 0.3 is 0 Å². The van der Waals surface area contributed by atoms with E-state index in [1.807, 2.05) is 0 Å². The van der Waals surface area contributed by atoms with E-state index in [1.54, 1.807) is 6.07 Å². The molecule has 0 bridgehead atoms. The van der Waals surface area contributed by atoms with Crippen LogP contribution in [0.2, 0.25) is 0 Å². The molecule has 1 aromatic heterocycles. The molecule has 2 heterocycles. The fourth-order valence-electron chi connectivity index (χ4n) is 4.16. The topological polar surface area (TPSA) is 139 Å². The number of amides is 1. The van der Waals surface area contributed by atoms with E-state index in [1.165, 1.54) is 24.6 Å². The summed E-state index contributed by atoms with van der Waals surface area (Å²) in [6, 6.07) is 4.67. The highest BCUT2D eigenvalue weighted by atomic mass is 16.6. The second-order valence-corrected chi connectivity index (χ2v) is 7.79. The molecular weight excluding hydrogens is 386 g/mol. The van der Waals surface area contributed by atoms with E-state index in [9.17, 15) is 14.9 Å². The zero-order chi connectivity index (χ0) is 21.3. The first-order valence-electron chi connectivity index (χ1n) is 10.1. The van der Waals surface area contributed by atoms with Crippen molar-refractivity contribution in [2.24, 2.45) is 0 Å². The number of nitrogen functional groups attached to an aromatic ring is 1. The Hall–Kier alpha value is -3.43. The smallest absolute Gasteiger partial charge is 0.294 e. The van der Waals surface area contributed by atoms with E-state index in [2.05, 4.69) is 20.5 Å². The van der Waals surface area contributed by atoms with E-state index in [0.717, 1.165) is 50.2 Å². The van der Waals surface area contributed by atoms with E-state index in [0.29, 0.717) is 18.2 Å². The Kier molecular flexibility index (Phi) is 5.39. The van der Waals surface area contributed by atoms with Crippen LogP contribution < -0.4 is 21.3 Å². The molecule has 1 aliphatic heterocycles. The summed E-state index contributed by atoms with van der Waals surface area (Å²) >= 11 is 0. The molecule has 0 unspecified atom stereocenters. The maximum absolute atomic E-state index is 11.4. The number of nitrogens with zero attached hydrogens (tertiary/aromatic N) is 4. The zero-order valence-electron chi connectivity index (χ0n) is 16.9. The number of carbonyl (C=O) groups is 1. The van der Waals surface area contributed by atoms with E-state index in [-0.39, 0.29) is 23.3 Å². The molecule has 158 valence electrons. The van der Waals surface area contributed by atoms with Crippen LogP contribution in [0.1, 0.15) is 37.4 Å². The third kappa shape index (κ3) is 4.12. The first kappa shape index (κ1) is 19.9. The fourth-order valence-corrected chi connectivity index (χ4v) is 4.16. The Morgan fingerprint density at radius 3 is 2.87 bits per heavy atom. The SMILES string of the molecule is CC(=O)N[C@H]1CCN(c2nc(Nc3ccc(N)c([N+](=O)[O-])c3)nc3c2CCCC3)C1. The normalized spacial score (nSPS) is 18.0. The average molecular weight is 411 g/mol. The van der Waals surface area contributed by atoms with Crippen LogP contribution in [-0.4, -0.2) is 39.9 Å². The predicted octanol–water partition coefficient (Wildman–Crippen LogP) is 2.30. The molecule has 1 amide bonds. The molecule has 1 atom stereocenters. The van der Waals surface area contributed by atoms with Crippen molar-refractivity contribution in [2.75, 3.05) is 29.0 Å². The first-order valence-corrected chi connectivity index (χ1v) is 10.1. The number of nitro benzene ring substituents is 1. The van der Waals surface area contributed by atoms with Crippen LogP contribution in [0.5, 0.6) is 0 Å². The second-order valence-electron chi connectivity index (χ2n) is 7.79.